The molecule has 0 amide bonds. The average molecular weight is 236 g/mol. The number of Topliss-reactive ketones (excluding diaryl/α,β-unsaturated/α-hetero) is 1. The van der Waals surface area contributed by atoms with Crippen molar-refractivity contribution in [1.82, 2.24) is 0 Å². The maximum Gasteiger partial charge on any atom is 0.302 e. The minimum absolute atomic E-state index is 0.0493. The highest BCUT2D eigenvalue weighted by molar-refractivity contribution is 5.96. The zero-order valence-electron chi connectivity index (χ0n) is 10.8. The summed E-state index contributed by atoms with van der Waals surface area (Å²) in [6, 6.07) is 0. The molecular weight excluding hydrogens is 216 g/mol. The van der Waals surface area contributed by atoms with Gasteiger partial charge in [0.1, 0.15) is 6.10 Å². The Kier molecular flexibility index (Phi) is 3.11. The molecule has 3 nitrogen and oxygen atoms in total. The molecule has 0 heterocycles. The monoisotopic (exact) mass is 236 g/mol. The molecule has 17 heavy (non-hydrogen) atoms. The lowest BCUT2D eigenvalue weighted by molar-refractivity contribution is -0.154. The molecule has 0 aromatic heterocycles. The van der Waals surface area contributed by atoms with E-state index in [1.807, 2.05) is 6.92 Å². The number of carbonyl (C=O) groups is 2. The summed E-state index contributed by atoms with van der Waals surface area (Å²) >= 11 is 0. The summed E-state index contributed by atoms with van der Waals surface area (Å²) in [5.41, 5.74) is 2.03. The van der Waals surface area contributed by atoms with Crippen molar-refractivity contribution >= 4 is 11.8 Å². The number of rotatable bonds is 1. The number of ether oxygens (including phenoxy) is 1. The van der Waals surface area contributed by atoms with E-state index in [-0.39, 0.29) is 23.3 Å². The molecule has 0 saturated heterocycles. The van der Waals surface area contributed by atoms with Gasteiger partial charge in [-0.2, -0.15) is 0 Å². The molecule has 0 aliphatic heterocycles. The molecule has 0 unspecified atom stereocenters. The quantitative estimate of drug-likeness (QED) is 0.657. The van der Waals surface area contributed by atoms with Crippen LogP contribution < -0.4 is 0 Å². The topological polar surface area (TPSA) is 43.4 Å². The molecule has 0 N–H and O–H groups in total. The molecule has 0 aromatic rings. The second kappa shape index (κ2) is 4.28. The highest BCUT2D eigenvalue weighted by atomic mass is 16.5. The van der Waals surface area contributed by atoms with Crippen LogP contribution in [0.25, 0.3) is 0 Å². The molecule has 1 fully saturated rings. The molecule has 0 aromatic carbocycles. The Bertz CT molecular complexity index is 394. The van der Waals surface area contributed by atoms with Crippen LogP contribution in [0.15, 0.2) is 11.1 Å². The Morgan fingerprint density at radius 1 is 1.41 bits per heavy atom. The van der Waals surface area contributed by atoms with E-state index in [4.69, 9.17) is 4.74 Å². The summed E-state index contributed by atoms with van der Waals surface area (Å²) in [6.07, 6.45) is 4.26. The number of esters is 1. The third-order valence-electron chi connectivity index (χ3n) is 4.34. The summed E-state index contributed by atoms with van der Waals surface area (Å²) in [7, 11) is 0. The first kappa shape index (κ1) is 12.3. The van der Waals surface area contributed by atoms with Crippen LogP contribution in [0.4, 0.5) is 0 Å². The van der Waals surface area contributed by atoms with E-state index in [1.165, 1.54) is 12.5 Å². The fraction of sp³-hybridized carbons (Fsp3) is 0.714. The van der Waals surface area contributed by atoms with Gasteiger partial charge in [-0.25, -0.2) is 0 Å². The van der Waals surface area contributed by atoms with E-state index in [9.17, 15) is 9.59 Å². The first-order valence-corrected chi connectivity index (χ1v) is 6.36. The van der Waals surface area contributed by atoms with Crippen molar-refractivity contribution in [3.05, 3.63) is 11.1 Å². The van der Waals surface area contributed by atoms with E-state index in [0.717, 1.165) is 31.3 Å². The summed E-state index contributed by atoms with van der Waals surface area (Å²) in [6.45, 7) is 5.53. The number of fused-ring (bicyclic) bond motifs is 1. The Labute approximate surface area is 102 Å². The van der Waals surface area contributed by atoms with Crippen LogP contribution in [-0.4, -0.2) is 17.9 Å². The van der Waals surface area contributed by atoms with Crippen molar-refractivity contribution in [2.75, 3.05) is 0 Å². The minimum Gasteiger partial charge on any atom is -0.462 e. The van der Waals surface area contributed by atoms with Gasteiger partial charge in [0.2, 0.25) is 0 Å². The van der Waals surface area contributed by atoms with Gasteiger partial charge < -0.3 is 4.74 Å². The van der Waals surface area contributed by atoms with Gasteiger partial charge >= 0.3 is 5.97 Å². The maximum atomic E-state index is 11.8. The number of carbonyl (C=O) groups excluding carboxylic acids is 2. The molecule has 94 valence electrons. The SMILES string of the molecule is CC(=O)O[C@H]1CCCC2=C(C)C(=O)CC[C@]21C. The van der Waals surface area contributed by atoms with Gasteiger partial charge in [0.25, 0.3) is 0 Å². The second-order valence-corrected chi connectivity index (χ2v) is 5.43. The van der Waals surface area contributed by atoms with E-state index >= 15 is 0 Å². The predicted octanol–water partition coefficient (Wildman–Crippen LogP) is 2.79. The van der Waals surface area contributed by atoms with Crippen LogP contribution in [0.5, 0.6) is 0 Å². The summed E-state index contributed by atoms with van der Waals surface area (Å²) in [5, 5.41) is 0. The maximum absolute atomic E-state index is 11.8. The zero-order chi connectivity index (χ0) is 12.6. The molecule has 2 aliphatic carbocycles. The molecule has 2 aliphatic rings. The zero-order valence-corrected chi connectivity index (χ0v) is 10.8. The van der Waals surface area contributed by atoms with E-state index in [2.05, 4.69) is 6.92 Å². The Hall–Kier alpha value is -1.12. The molecule has 2 rings (SSSR count). The van der Waals surface area contributed by atoms with Gasteiger partial charge in [-0.3, -0.25) is 9.59 Å². The number of hydrogen-bond donors (Lipinski definition) is 0. The van der Waals surface area contributed by atoms with Crippen LogP contribution in [0.2, 0.25) is 0 Å². The van der Waals surface area contributed by atoms with Gasteiger partial charge in [0.05, 0.1) is 0 Å². The van der Waals surface area contributed by atoms with Crippen LogP contribution in [0.1, 0.15) is 52.9 Å². The lowest BCUT2D eigenvalue weighted by Gasteiger charge is -2.45. The Morgan fingerprint density at radius 2 is 2.12 bits per heavy atom. The van der Waals surface area contributed by atoms with Crippen molar-refractivity contribution in [2.45, 2.75) is 59.0 Å². The fourth-order valence-corrected chi connectivity index (χ4v) is 3.31. The first-order valence-electron chi connectivity index (χ1n) is 6.36. The van der Waals surface area contributed by atoms with Crippen molar-refractivity contribution in [2.24, 2.45) is 5.41 Å². The molecule has 2 atom stereocenters. The predicted molar refractivity (Wildman–Crippen MR) is 64.5 cm³/mol. The lowest BCUT2D eigenvalue weighted by atomic mass is 9.62. The first-order chi connectivity index (χ1) is 7.95. The van der Waals surface area contributed by atoms with Crippen LogP contribution in [0, 0.1) is 5.41 Å². The highest BCUT2D eigenvalue weighted by Gasteiger charge is 2.45. The van der Waals surface area contributed by atoms with Gasteiger partial charge in [-0.1, -0.05) is 12.5 Å². The molecule has 0 radical (unpaired) electrons. The Balaban J connectivity index is 2.35. The smallest absolute Gasteiger partial charge is 0.302 e. The second-order valence-electron chi connectivity index (χ2n) is 5.43. The fourth-order valence-electron chi connectivity index (χ4n) is 3.31. The number of ketones is 1. The van der Waals surface area contributed by atoms with E-state index in [0.29, 0.717) is 6.42 Å². The van der Waals surface area contributed by atoms with Gasteiger partial charge in [0.15, 0.2) is 5.78 Å². The number of allylic oxidation sites excluding steroid dienone is 1. The Morgan fingerprint density at radius 3 is 2.76 bits per heavy atom. The summed E-state index contributed by atoms with van der Waals surface area (Å²) < 4.78 is 5.46. The van der Waals surface area contributed by atoms with Crippen molar-refractivity contribution < 1.29 is 14.3 Å². The number of hydrogen-bond acceptors (Lipinski definition) is 3. The standard InChI is InChI=1S/C14H20O3/c1-9-11-5-4-6-13(17-10(2)15)14(11,3)8-7-12(9)16/h13H,4-8H2,1-3H3/t13-,14+/m0/s1. The highest BCUT2D eigenvalue weighted by Crippen LogP contribution is 2.49. The van der Waals surface area contributed by atoms with Gasteiger partial charge in [0, 0.05) is 18.8 Å². The van der Waals surface area contributed by atoms with Gasteiger partial charge in [-0.05, 0) is 38.2 Å². The molecule has 1 saturated carbocycles. The normalized spacial score (nSPS) is 33.4. The third-order valence-corrected chi connectivity index (χ3v) is 4.34. The van der Waals surface area contributed by atoms with Crippen molar-refractivity contribution in [1.29, 1.82) is 0 Å². The third kappa shape index (κ3) is 2.03. The molecule has 0 bridgehead atoms. The van der Waals surface area contributed by atoms with E-state index in [1.54, 1.807) is 0 Å². The van der Waals surface area contributed by atoms with Crippen molar-refractivity contribution in [3.63, 3.8) is 0 Å². The van der Waals surface area contributed by atoms with Crippen LogP contribution in [-0.2, 0) is 14.3 Å². The summed E-state index contributed by atoms with van der Waals surface area (Å²) in [5.74, 6) is 0.0491. The average Bonchev–Trinajstić information content (AvgIpc) is 2.26. The van der Waals surface area contributed by atoms with Gasteiger partial charge in [-0.15, -0.1) is 0 Å². The molecular formula is C14H20O3. The minimum atomic E-state index is -0.216. The van der Waals surface area contributed by atoms with Crippen molar-refractivity contribution in [3.8, 4) is 0 Å². The van der Waals surface area contributed by atoms with Crippen LogP contribution >= 0.6 is 0 Å². The largest absolute Gasteiger partial charge is 0.462 e. The molecule has 3 heteroatoms. The lowest BCUT2D eigenvalue weighted by Crippen LogP contribution is -2.43. The van der Waals surface area contributed by atoms with E-state index < -0.39 is 0 Å². The van der Waals surface area contributed by atoms with Crippen LogP contribution in [0.3, 0.4) is 0 Å². The molecule has 0 spiro atoms. The summed E-state index contributed by atoms with van der Waals surface area (Å²) in [4.78, 5) is 22.9.